The topological polar surface area (TPSA) is 21.3 Å². The highest BCUT2D eigenvalue weighted by molar-refractivity contribution is 9.10. The molecule has 1 heterocycles. The van der Waals surface area contributed by atoms with Crippen molar-refractivity contribution >= 4 is 50.5 Å². The van der Waals surface area contributed by atoms with Crippen LogP contribution in [0.1, 0.15) is 16.5 Å². The molecule has 2 nitrogen and oxygen atoms in total. The third-order valence-corrected chi connectivity index (χ3v) is 5.52. The van der Waals surface area contributed by atoms with Crippen LogP contribution in [0.3, 0.4) is 0 Å². The van der Waals surface area contributed by atoms with E-state index < -0.39 is 0 Å². The molecule has 0 aliphatic heterocycles. The van der Waals surface area contributed by atoms with Crippen molar-refractivity contribution in [1.82, 2.24) is 5.32 Å². The smallest absolute Gasteiger partial charge is 0.125 e. The van der Waals surface area contributed by atoms with Gasteiger partial charge in [-0.2, -0.15) is 0 Å². The molecule has 0 saturated heterocycles. The van der Waals surface area contributed by atoms with Crippen molar-refractivity contribution in [1.29, 1.82) is 0 Å². The van der Waals surface area contributed by atoms with E-state index >= 15 is 0 Å². The number of benzene rings is 1. The second-order valence-electron chi connectivity index (χ2n) is 3.88. The second-order valence-corrected chi connectivity index (χ2v) is 6.85. The van der Waals surface area contributed by atoms with E-state index in [1.54, 1.807) is 7.11 Å². The van der Waals surface area contributed by atoms with Crippen molar-refractivity contribution in [3.8, 4) is 5.75 Å². The Kier molecular flexibility index (Phi) is 5.15. The largest absolute Gasteiger partial charge is 0.496 e. The third-order valence-electron chi connectivity index (χ3n) is 2.74. The molecule has 0 fully saturated rings. The van der Waals surface area contributed by atoms with Crippen LogP contribution in [0.15, 0.2) is 28.7 Å². The first-order valence-electron chi connectivity index (χ1n) is 5.52. The highest BCUT2D eigenvalue weighted by atomic mass is 79.9. The van der Waals surface area contributed by atoms with Gasteiger partial charge in [-0.3, -0.25) is 0 Å². The Morgan fingerprint density at radius 3 is 2.58 bits per heavy atom. The molecule has 6 heteroatoms. The highest BCUT2D eigenvalue weighted by Crippen LogP contribution is 2.39. The summed E-state index contributed by atoms with van der Waals surface area (Å²) in [4.78, 5) is 1.11. The van der Waals surface area contributed by atoms with Gasteiger partial charge in [-0.1, -0.05) is 29.3 Å². The molecule has 19 heavy (non-hydrogen) atoms. The lowest BCUT2D eigenvalue weighted by Crippen LogP contribution is -2.17. The lowest BCUT2D eigenvalue weighted by atomic mass is 10.0. The number of thiophene rings is 1. The second kappa shape index (κ2) is 6.46. The van der Waals surface area contributed by atoms with E-state index in [4.69, 9.17) is 27.9 Å². The van der Waals surface area contributed by atoms with Gasteiger partial charge in [0.2, 0.25) is 0 Å². The van der Waals surface area contributed by atoms with Crippen LogP contribution >= 0.6 is 50.5 Å². The molecular formula is C13H12BrCl2NOS. The van der Waals surface area contributed by atoms with E-state index in [-0.39, 0.29) is 6.04 Å². The number of nitrogens with one attached hydrogen (secondary N) is 1. The average Bonchev–Trinajstić information content (AvgIpc) is 2.72. The van der Waals surface area contributed by atoms with Crippen LogP contribution in [0.25, 0.3) is 0 Å². The summed E-state index contributed by atoms with van der Waals surface area (Å²) in [5.41, 5.74) is 1.03. The van der Waals surface area contributed by atoms with Gasteiger partial charge in [-0.25, -0.2) is 0 Å². The molecule has 0 amide bonds. The molecule has 0 radical (unpaired) electrons. The summed E-state index contributed by atoms with van der Waals surface area (Å²) in [5, 5.41) is 3.93. The Hall–Kier alpha value is -0.260. The van der Waals surface area contributed by atoms with Gasteiger partial charge < -0.3 is 10.1 Å². The maximum Gasteiger partial charge on any atom is 0.125 e. The summed E-state index contributed by atoms with van der Waals surface area (Å²) >= 11 is 17.1. The Labute approximate surface area is 134 Å². The SMILES string of the molecule is CNC(c1cc(Br)c(Cl)s1)c1ccc(Cl)cc1OC. The maximum absolute atomic E-state index is 6.11. The van der Waals surface area contributed by atoms with Crippen LogP contribution in [-0.4, -0.2) is 14.2 Å². The zero-order chi connectivity index (χ0) is 14.0. The molecule has 1 aromatic heterocycles. The van der Waals surface area contributed by atoms with Gasteiger partial charge >= 0.3 is 0 Å². The fourth-order valence-corrected chi connectivity index (χ4v) is 3.91. The molecule has 0 aliphatic carbocycles. The van der Waals surface area contributed by atoms with Crippen LogP contribution < -0.4 is 10.1 Å². The normalized spacial score (nSPS) is 12.5. The van der Waals surface area contributed by atoms with Crippen LogP contribution in [0.4, 0.5) is 0 Å². The summed E-state index contributed by atoms with van der Waals surface area (Å²) in [5.74, 6) is 0.757. The van der Waals surface area contributed by atoms with Crippen molar-refractivity contribution in [3.05, 3.63) is 48.5 Å². The molecule has 1 atom stereocenters. The maximum atomic E-state index is 6.11. The van der Waals surface area contributed by atoms with Gasteiger partial charge in [0.15, 0.2) is 0 Å². The minimum atomic E-state index is 0.0148. The van der Waals surface area contributed by atoms with Gasteiger partial charge in [0.1, 0.15) is 10.1 Å². The van der Waals surface area contributed by atoms with Gasteiger partial charge in [-0.15, -0.1) is 11.3 Å². The number of hydrogen-bond acceptors (Lipinski definition) is 3. The average molecular weight is 381 g/mol. The molecule has 2 aromatic rings. The quantitative estimate of drug-likeness (QED) is 0.793. The van der Waals surface area contributed by atoms with Crippen molar-refractivity contribution in [2.45, 2.75) is 6.04 Å². The zero-order valence-corrected chi connectivity index (χ0v) is 14.3. The highest BCUT2D eigenvalue weighted by Gasteiger charge is 2.20. The van der Waals surface area contributed by atoms with Crippen LogP contribution in [0.2, 0.25) is 9.36 Å². The number of ether oxygens (including phenoxy) is 1. The molecule has 1 N–H and O–H groups in total. The number of rotatable bonds is 4. The first kappa shape index (κ1) is 15.1. The van der Waals surface area contributed by atoms with E-state index in [0.29, 0.717) is 5.02 Å². The molecule has 0 bridgehead atoms. The molecular weight excluding hydrogens is 369 g/mol. The van der Waals surface area contributed by atoms with Gasteiger partial charge in [0.25, 0.3) is 0 Å². The molecule has 102 valence electrons. The Balaban J connectivity index is 2.47. The predicted molar refractivity (Wildman–Crippen MR) is 85.9 cm³/mol. The summed E-state index contributed by atoms with van der Waals surface area (Å²) in [6, 6.07) is 7.66. The molecule has 2 rings (SSSR count). The van der Waals surface area contributed by atoms with Crippen LogP contribution in [-0.2, 0) is 0 Å². The van der Waals surface area contributed by atoms with Crippen molar-refractivity contribution in [2.24, 2.45) is 0 Å². The first-order valence-corrected chi connectivity index (χ1v) is 7.88. The third kappa shape index (κ3) is 3.26. The molecule has 1 aromatic carbocycles. The zero-order valence-electron chi connectivity index (χ0n) is 10.3. The number of methoxy groups -OCH3 is 1. The number of halogens is 3. The lowest BCUT2D eigenvalue weighted by Gasteiger charge is -2.18. The monoisotopic (exact) mass is 379 g/mol. The van der Waals surface area contributed by atoms with Gasteiger partial charge in [0, 0.05) is 19.9 Å². The number of hydrogen-bond donors (Lipinski definition) is 1. The molecule has 0 saturated carbocycles. The van der Waals surface area contributed by atoms with Crippen molar-refractivity contribution < 1.29 is 4.74 Å². The first-order chi connectivity index (χ1) is 9.06. The Morgan fingerprint density at radius 2 is 2.05 bits per heavy atom. The van der Waals surface area contributed by atoms with Crippen LogP contribution in [0.5, 0.6) is 5.75 Å². The minimum absolute atomic E-state index is 0.0148. The Morgan fingerprint density at radius 1 is 1.32 bits per heavy atom. The lowest BCUT2D eigenvalue weighted by molar-refractivity contribution is 0.406. The van der Waals surface area contributed by atoms with E-state index in [1.165, 1.54) is 11.3 Å². The van der Waals surface area contributed by atoms with E-state index in [9.17, 15) is 0 Å². The molecule has 0 spiro atoms. The standard InChI is InChI=1S/C13H12BrCl2NOS/c1-17-12(11-6-9(14)13(16)19-11)8-4-3-7(15)5-10(8)18-2/h3-6,12,17H,1-2H3. The van der Waals surface area contributed by atoms with Gasteiger partial charge in [-0.05, 0) is 41.2 Å². The summed E-state index contributed by atoms with van der Waals surface area (Å²) < 4.78 is 7.05. The van der Waals surface area contributed by atoms with Crippen molar-refractivity contribution in [2.75, 3.05) is 14.2 Å². The predicted octanol–water partition coefficient (Wildman–Crippen LogP) is 5.13. The minimum Gasteiger partial charge on any atom is -0.496 e. The fraction of sp³-hybridized carbons (Fsp3) is 0.231. The molecule has 0 aliphatic rings. The molecule has 1 unspecified atom stereocenters. The van der Waals surface area contributed by atoms with Gasteiger partial charge in [0.05, 0.1) is 13.2 Å². The van der Waals surface area contributed by atoms with Crippen molar-refractivity contribution in [3.63, 3.8) is 0 Å². The fourth-order valence-electron chi connectivity index (χ4n) is 1.88. The summed E-state index contributed by atoms with van der Waals surface area (Å²) in [6.07, 6.45) is 0. The van der Waals surface area contributed by atoms with Crippen LogP contribution in [0, 0.1) is 0 Å². The Bertz CT molecular complexity index is 569. The summed E-state index contributed by atoms with van der Waals surface area (Å²) in [6.45, 7) is 0. The van der Waals surface area contributed by atoms with E-state index in [2.05, 4.69) is 21.2 Å². The van der Waals surface area contributed by atoms with E-state index in [1.807, 2.05) is 31.3 Å². The van der Waals surface area contributed by atoms with E-state index in [0.717, 1.165) is 25.0 Å². The summed E-state index contributed by atoms with van der Waals surface area (Å²) in [7, 11) is 3.54.